The van der Waals surface area contributed by atoms with Gasteiger partial charge in [-0.1, -0.05) is 18.2 Å². The van der Waals surface area contributed by atoms with Crippen molar-refractivity contribution in [2.45, 2.75) is 0 Å². The van der Waals surface area contributed by atoms with Gasteiger partial charge >= 0.3 is 272 Å². The monoisotopic (exact) mass is 1020 g/mol. The van der Waals surface area contributed by atoms with E-state index >= 15 is 0 Å². The molecule has 0 saturated heterocycles. The molecule has 0 unspecified atom stereocenters. The third-order valence-electron chi connectivity index (χ3n) is 14.6. The molecule has 2 aromatic heterocycles. The molecule has 0 spiro atoms. The molecule has 2 heterocycles. The third kappa shape index (κ3) is 7.48. The van der Waals surface area contributed by atoms with Gasteiger partial charge in [0.2, 0.25) is 0 Å². The quantitative estimate of drug-likeness (QED) is 0.128. The zero-order valence-corrected chi connectivity index (χ0v) is 42.0. The second-order valence-electron chi connectivity index (χ2n) is 18.7. The Labute approximate surface area is 429 Å². The molecule has 7 heteroatoms. The first-order valence-electron chi connectivity index (χ1n) is 24.7. The van der Waals surface area contributed by atoms with E-state index in [-0.39, 0.29) is 11.6 Å². The number of nitrogens with zero attached hydrogens (tertiary/aromatic N) is 4. The summed E-state index contributed by atoms with van der Waals surface area (Å²) in [6.45, 7) is 0. The zero-order chi connectivity index (χ0) is 49.8. The minimum absolute atomic E-state index is 0.284. The SMILES string of the molecule is N#Cc1ccc(N(c2ccc3c(c2)c2ccccc2n3-c2ccc(F)cc2)c2ccc3c(c2)c2cc(-c4cc[c]([Ge]([c]5ccccc5)([c]5ccccc5)[c]5ccccc5)cc4)ccc2n3-c2ccc(F)cc2)cc1. The molecule has 350 valence electrons. The third-order valence-corrected chi connectivity index (χ3v) is 24.7. The normalized spacial score (nSPS) is 11.6. The van der Waals surface area contributed by atoms with Crippen LogP contribution >= 0.6 is 0 Å². The molecular formula is C67H44F2GeN4. The van der Waals surface area contributed by atoms with Crippen LogP contribution in [0.25, 0.3) is 66.1 Å². The van der Waals surface area contributed by atoms with Gasteiger partial charge in [0.05, 0.1) is 22.7 Å². The van der Waals surface area contributed by atoms with Crippen LogP contribution in [0.2, 0.25) is 0 Å². The Kier molecular flexibility index (Phi) is 11.1. The second-order valence-corrected chi connectivity index (χ2v) is 26.7. The van der Waals surface area contributed by atoms with Gasteiger partial charge in [0.25, 0.3) is 0 Å². The average molecular weight is 1020 g/mol. The molecule has 13 rings (SSSR count). The molecule has 0 atom stereocenters. The summed E-state index contributed by atoms with van der Waals surface area (Å²) in [4.78, 5) is 2.23. The van der Waals surface area contributed by atoms with E-state index in [0.29, 0.717) is 5.56 Å². The molecule has 0 fully saturated rings. The van der Waals surface area contributed by atoms with Crippen molar-refractivity contribution in [2.24, 2.45) is 0 Å². The first kappa shape index (κ1) is 44.6. The minimum Gasteiger partial charge on any atom is -0.0423 e. The molecular weight excluding hydrogens is 971 g/mol. The Bertz CT molecular complexity index is 4150. The number of nitriles is 1. The fraction of sp³-hybridized carbons (Fsp3) is 0. The predicted octanol–water partition coefficient (Wildman–Crippen LogP) is 14.5. The summed E-state index contributed by atoms with van der Waals surface area (Å²) in [6, 6.07) is 93.7. The maximum Gasteiger partial charge on any atom is -0.0367 e. The Morgan fingerprint density at radius 1 is 0.338 bits per heavy atom. The topological polar surface area (TPSA) is 36.9 Å². The number of rotatable bonds is 10. The Morgan fingerprint density at radius 2 is 0.730 bits per heavy atom. The molecule has 4 nitrogen and oxygen atoms in total. The van der Waals surface area contributed by atoms with E-state index in [1.54, 1.807) is 0 Å². The predicted molar refractivity (Wildman–Crippen MR) is 303 cm³/mol. The van der Waals surface area contributed by atoms with E-state index in [1.807, 2.05) is 60.7 Å². The van der Waals surface area contributed by atoms with Gasteiger partial charge in [-0.25, -0.2) is 8.78 Å². The van der Waals surface area contributed by atoms with Gasteiger partial charge < -0.3 is 4.57 Å². The molecule has 0 bridgehead atoms. The fourth-order valence-electron chi connectivity index (χ4n) is 11.3. The smallest absolute Gasteiger partial charge is 0.0367 e. The zero-order valence-electron chi connectivity index (χ0n) is 39.9. The van der Waals surface area contributed by atoms with Crippen LogP contribution in [0.15, 0.2) is 267 Å². The first-order valence-corrected chi connectivity index (χ1v) is 28.9. The molecule has 0 saturated carbocycles. The largest absolute Gasteiger partial charge is 0.0423 e. The van der Waals surface area contributed by atoms with Crippen LogP contribution in [0.4, 0.5) is 25.8 Å². The average Bonchev–Trinajstić information content (AvgIpc) is 3.97. The van der Waals surface area contributed by atoms with E-state index in [2.05, 4.69) is 202 Å². The van der Waals surface area contributed by atoms with Gasteiger partial charge in [-0.15, -0.1) is 0 Å². The number of para-hydroxylation sites is 1. The van der Waals surface area contributed by atoms with Gasteiger partial charge in [-0.05, 0) is 72.8 Å². The maximum atomic E-state index is 14.5. The summed E-state index contributed by atoms with van der Waals surface area (Å²) in [5.41, 5.74) is 11.2. The van der Waals surface area contributed by atoms with Crippen molar-refractivity contribution >= 4 is 91.5 Å². The number of aromatic nitrogens is 2. The summed E-state index contributed by atoms with van der Waals surface area (Å²) in [7, 11) is 0. The van der Waals surface area contributed by atoms with Crippen LogP contribution < -0.4 is 22.5 Å². The van der Waals surface area contributed by atoms with Crippen molar-refractivity contribution in [3.05, 3.63) is 284 Å². The summed E-state index contributed by atoms with van der Waals surface area (Å²) in [6.07, 6.45) is 0. The number of hydrogen-bond donors (Lipinski definition) is 0. The fourth-order valence-corrected chi connectivity index (χ4v) is 21.2. The van der Waals surface area contributed by atoms with Gasteiger partial charge in [-0.2, -0.15) is 5.26 Å². The first-order chi connectivity index (χ1) is 36.5. The minimum atomic E-state index is -3.49. The molecule has 74 heavy (non-hydrogen) atoms. The van der Waals surface area contributed by atoms with Gasteiger partial charge in [0.1, 0.15) is 11.6 Å². The summed E-state index contributed by atoms with van der Waals surface area (Å²) in [5.74, 6) is -0.577. The molecule has 0 aliphatic heterocycles. The van der Waals surface area contributed by atoms with Crippen molar-refractivity contribution in [2.75, 3.05) is 4.90 Å². The van der Waals surface area contributed by atoms with E-state index in [0.717, 1.165) is 83.2 Å². The van der Waals surface area contributed by atoms with E-state index in [1.165, 1.54) is 41.8 Å². The molecule has 0 aliphatic rings. The van der Waals surface area contributed by atoms with Crippen LogP contribution in [0, 0.1) is 23.0 Å². The second kappa shape index (κ2) is 18.4. The molecule has 0 amide bonds. The Balaban J connectivity index is 0.990. The standard InChI is InChI=1S/C67H44F2GeN4/c68-49-25-33-56(34-26-49)73-64-19-11-10-18-60(64)62-43-58(37-40-66(62)73)72(55-31-20-46(45-71)21-32-55)59-38-41-67-63(44-59)61-42-48(24-39-65(61)74(67)57-35-27-50(69)28-36-57)47-22-29-54(30-23-47)70(51-12-4-1-5-13-51,52-14-6-2-7-15-52)53-16-8-3-9-17-53/h1-44H. The van der Waals surface area contributed by atoms with Crippen molar-refractivity contribution in [1.82, 2.24) is 9.13 Å². The summed E-state index contributed by atoms with van der Waals surface area (Å²) >= 11 is -3.49. The molecule has 0 N–H and O–H groups in total. The summed E-state index contributed by atoms with van der Waals surface area (Å²) < 4.78 is 38.6. The van der Waals surface area contributed by atoms with Gasteiger partial charge in [-0.3, -0.25) is 0 Å². The van der Waals surface area contributed by atoms with E-state index in [9.17, 15) is 14.0 Å². The van der Waals surface area contributed by atoms with Crippen molar-refractivity contribution in [3.8, 4) is 28.6 Å². The van der Waals surface area contributed by atoms with E-state index < -0.39 is 13.3 Å². The van der Waals surface area contributed by atoms with E-state index in [4.69, 9.17) is 0 Å². The van der Waals surface area contributed by atoms with Crippen LogP contribution in [-0.2, 0) is 0 Å². The van der Waals surface area contributed by atoms with Crippen LogP contribution in [-0.4, -0.2) is 22.4 Å². The van der Waals surface area contributed by atoms with Crippen molar-refractivity contribution in [3.63, 3.8) is 0 Å². The Hall–Kier alpha value is -9.29. The van der Waals surface area contributed by atoms with Gasteiger partial charge in [0, 0.05) is 16.5 Å². The maximum absolute atomic E-state index is 14.5. The number of hydrogen-bond acceptors (Lipinski definition) is 2. The summed E-state index contributed by atoms with van der Waals surface area (Å²) in [5, 5.41) is 14.0. The molecule has 13 aromatic rings. The van der Waals surface area contributed by atoms with Crippen LogP contribution in [0.3, 0.4) is 0 Å². The number of halogens is 2. The number of anilines is 3. The number of fused-ring (bicyclic) bond motifs is 6. The van der Waals surface area contributed by atoms with Crippen molar-refractivity contribution in [1.29, 1.82) is 5.26 Å². The molecule has 11 aromatic carbocycles. The molecule has 0 aliphatic carbocycles. The van der Waals surface area contributed by atoms with Crippen LogP contribution in [0.1, 0.15) is 5.56 Å². The van der Waals surface area contributed by atoms with Crippen molar-refractivity contribution < 1.29 is 8.78 Å². The Morgan fingerprint density at radius 3 is 1.23 bits per heavy atom. The van der Waals surface area contributed by atoms with Gasteiger partial charge in [0.15, 0.2) is 0 Å². The molecule has 0 radical (unpaired) electrons. The van der Waals surface area contributed by atoms with Crippen LogP contribution in [0.5, 0.6) is 0 Å². The number of benzene rings is 11.